The fourth-order valence-corrected chi connectivity index (χ4v) is 4.76. The molecule has 190 valence electrons. The summed E-state index contributed by atoms with van der Waals surface area (Å²) in [4.78, 5) is 11.1. The number of likely N-dealkylation sites (tertiary alicyclic amines) is 1. The summed E-state index contributed by atoms with van der Waals surface area (Å²) in [6.07, 6.45) is -3.09. The van der Waals surface area contributed by atoms with Gasteiger partial charge in [-0.2, -0.15) is 4.98 Å². The molecule has 13 heteroatoms. The minimum Gasteiger partial charge on any atom is -0.479 e. The maximum Gasteiger partial charge on any atom is 0.258 e. The number of piperidine rings is 1. The summed E-state index contributed by atoms with van der Waals surface area (Å²) in [5, 5.41) is 10.8. The number of nitrogens with zero attached hydrogens (tertiary/aromatic N) is 7. The highest BCUT2D eigenvalue weighted by Crippen LogP contribution is 2.31. The van der Waals surface area contributed by atoms with E-state index in [0.717, 1.165) is 11.2 Å². The van der Waals surface area contributed by atoms with Crippen LogP contribution >= 0.6 is 0 Å². The summed E-state index contributed by atoms with van der Waals surface area (Å²) in [6, 6.07) is 6.46. The van der Waals surface area contributed by atoms with Gasteiger partial charge in [0.25, 0.3) is 6.43 Å². The average Bonchev–Trinajstić information content (AvgIpc) is 3.39. The molecule has 0 bridgehead atoms. The van der Waals surface area contributed by atoms with Crippen molar-refractivity contribution >= 4 is 16.6 Å². The lowest BCUT2D eigenvalue weighted by Gasteiger charge is -2.41. The van der Waals surface area contributed by atoms with Crippen molar-refractivity contribution in [2.75, 3.05) is 33.4 Å². The number of H-pyrrole nitrogens is 1. The third kappa shape index (κ3) is 4.11. The summed E-state index contributed by atoms with van der Waals surface area (Å²) >= 11 is 0. The molecular weight excluding hydrogens is 477 g/mol. The summed E-state index contributed by atoms with van der Waals surface area (Å²) in [5.74, 6) is 0.199. The zero-order valence-electron chi connectivity index (χ0n) is 20.4. The summed E-state index contributed by atoms with van der Waals surface area (Å²) in [5.41, 5.74) is 2.80. The van der Waals surface area contributed by atoms with Crippen molar-refractivity contribution in [1.82, 2.24) is 34.5 Å². The molecule has 1 aromatic carbocycles. The second-order valence-electron chi connectivity index (χ2n) is 8.98. The van der Waals surface area contributed by atoms with E-state index in [9.17, 15) is 13.2 Å². The van der Waals surface area contributed by atoms with Crippen molar-refractivity contribution in [1.29, 1.82) is 0 Å². The van der Waals surface area contributed by atoms with Gasteiger partial charge in [-0.1, -0.05) is 11.3 Å². The first-order valence-electron chi connectivity index (χ1n) is 12.2. The first-order chi connectivity index (χ1) is 17.9. The van der Waals surface area contributed by atoms with Crippen LogP contribution in [0.1, 0.15) is 7.79 Å². The fourth-order valence-electron chi connectivity index (χ4n) is 4.76. The first kappa shape index (κ1) is 21.8. The van der Waals surface area contributed by atoms with Crippen LogP contribution in [0.15, 0.2) is 35.4 Å². The Labute approximate surface area is 204 Å². The summed E-state index contributed by atoms with van der Waals surface area (Å²) < 4.78 is 62.8. The van der Waals surface area contributed by atoms with Gasteiger partial charge in [0, 0.05) is 24.8 Å². The Morgan fingerprint density at radius 3 is 2.92 bits per heavy atom. The molecular formula is C23H25F3N8O2. The number of hydrogen-bond donors (Lipinski definition) is 1. The molecule has 0 saturated carbocycles. The molecule has 6 rings (SSSR count). The predicted octanol–water partition coefficient (Wildman–Crippen LogP) is 2.06. The Kier molecular flexibility index (Phi) is 5.58. The molecule has 2 aliphatic rings. The van der Waals surface area contributed by atoms with Crippen LogP contribution in [0.4, 0.5) is 13.2 Å². The molecule has 0 radical (unpaired) electrons. The number of nitrogens with one attached hydrogen (secondary N) is 1. The molecule has 3 aromatic heterocycles. The van der Waals surface area contributed by atoms with Crippen LogP contribution in [0.3, 0.4) is 0 Å². The van der Waals surface area contributed by atoms with Gasteiger partial charge in [-0.15, -0.1) is 5.10 Å². The number of halogens is 3. The van der Waals surface area contributed by atoms with Crippen LogP contribution in [0.25, 0.3) is 27.7 Å². The van der Waals surface area contributed by atoms with E-state index >= 15 is 0 Å². The van der Waals surface area contributed by atoms with Crippen LogP contribution in [0.2, 0.25) is 0 Å². The number of fused-ring (bicyclic) bond motifs is 2. The number of rotatable bonds is 6. The van der Waals surface area contributed by atoms with Gasteiger partial charge in [0.2, 0.25) is 11.5 Å². The molecule has 36 heavy (non-hydrogen) atoms. The topological polar surface area (TPSA) is 97.9 Å². The van der Waals surface area contributed by atoms with Crippen molar-refractivity contribution in [3.8, 4) is 17.0 Å². The van der Waals surface area contributed by atoms with Gasteiger partial charge in [-0.05, 0) is 30.2 Å². The van der Waals surface area contributed by atoms with E-state index in [1.165, 1.54) is 11.6 Å². The van der Waals surface area contributed by atoms with Gasteiger partial charge in [0.05, 0.1) is 39.3 Å². The molecule has 2 saturated heterocycles. The first-order valence-corrected chi connectivity index (χ1v) is 11.7. The third-order valence-electron chi connectivity index (χ3n) is 6.73. The molecule has 0 unspecified atom stereocenters. The number of methoxy groups -OCH3 is 1. The molecule has 10 nitrogen and oxygen atoms in total. The Bertz CT molecular complexity index is 1520. The molecule has 4 aromatic rings. The van der Waals surface area contributed by atoms with E-state index < -0.39 is 25.2 Å². The molecule has 0 aliphatic carbocycles. The number of ether oxygens (including phenoxy) is 2. The van der Waals surface area contributed by atoms with Crippen molar-refractivity contribution in [3.63, 3.8) is 0 Å². The zero-order chi connectivity index (χ0) is 25.7. The molecule has 5 heterocycles. The van der Waals surface area contributed by atoms with Crippen LogP contribution in [0, 0.1) is 0 Å². The van der Waals surface area contributed by atoms with Crippen molar-refractivity contribution < 1.29 is 24.0 Å². The Hall–Kier alpha value is -3.45. The molecule has 2 aliphatic heterocycles. The van der Waals surface area contributed by atoms with E-state index in [1.807, 2.05) is 0 Å². The standard InChI is InChI=1S/C23H25F3N8O2/c1-35-22-21-15(13-2-3-18-19(8-13)34(31-29-18)10-20(25)26)4-7-33(21)30-23(28-22)27-17-5-6-32(9-16(17)24)14-11-36-12-14/h2-4,7-8,14,16-17,20H,5-6,9-12H2,1H3,(H,27,30)/t16-,17-/m1/s1/i7D. The van der Waals surface area contributed by atoms with Gasteiger partial charge in [0.15, 0.2) is 0 Å². The van der Waals surface area contributed by atoms with E-state index in [4.69, 9.17) is 10.8 Å². The molecule has 1 N–H and O–H groups in total. The van der Waals surface area contributed by atoms with Gasteiger partial charge in [-0.3, -0.25) is 14.5 Å². The lowest BCUT2D eigenvalue weighted by molar-refractivity contribution is -0.0803. The van der Waals surface area contributed by atoms with Crippen LogP contribution in [-0.4, -0.2) is 92.6 Å². The molecule has 2 atom stereocenters. The lowest BCUT2D eigenvalue weighted by atomic mass is 10.0. The molecule has 0 amide bonds. The van der Waals surface area contributed by atoms with Gasteiger partial charge >= 0.3 is 0 Å². The largest absolute Gasteiger partial charge is 0.479 e. The number of benzene rings is 1. The number of alkyl halides is 3. The highest BCUT2D eigenvalue weighted by atomic mass is 19.3. The highest BCUT2D eigenvalue weighted by Gasteiger charge is 2.35. The zero-order valence-corrected chi connectivity index (χ0v) is 19.4. The Balaban J connectivity index is 1.37. The number of aromatic nitrogens is 6. The normalized spacial score (nSPS) is 22.5. The predicted molar refractivity (Wildman–Crippen MR) is 124 cm³/mol. The van der Waals surface area contributed by atoms with E-state index in [-0.39, 0.29) is 23.7 Å². The monoisotopic (exact) mass is 503 g/mol. The fraction of sp³-hybridized carbons (Fsp3) is 0.478. The smallest absolute Gasteiger partial charge is 0.258 e. The third-order valence-corrected chi connectivity index (χ3v) is 6.73. The van der Waals surface area contributed by atoms with Crippen LogP contribution < -0.4 is 10.4 Å². The van der Waals surface area contributed by atoms with Crippen LogP contribution in [0.5, 0.6) is 5.88 Å². The number of hydrogen-bond acceptors (Lipinski definition) is 7. The van der Waals surface area contributed by atoms with E-state index in [2.05, 4.69) is 30.3 Å². The van der Waals surface area contributed by atoms with Crippen molar-refractivity contribution in [2.24, 2.45) is 4.99 Å². The van der Waals surface area contributed by atoms with E-state index in [0.29, 0.717) is 53.9 Å². The lowest BCUT2D eigenvalue weighted by Crippen LogP contribution is -2.55. The number of aromatic amines is 1. The van der Waals surface area contributed by atoms with Gasteiger partial charge in [-0.25, -0.2) is 22.8 Å². The van der Waals surface area contributed by atoms with Crippen molar-refractivity contribution in [2.45, 2.75) is 37.6 Å². The maximum absolute atomic E-state index is 15.0. The van der Waals surface area contributed by atoms with Crippen molar-refractivity contribution in [3.05, 3.63) is 36.1 Å². The van der Waals surface area contributed by atoms with Gasteiger partial charge < -0.3 is 9.47 Å². The average molecular weight is 504 g/mol. The second kappa shape index (κ2) is 9.21. The minimum atomic E-state index is -2.58. The second-order valence-corrected chi connectivity index (χ2v) is 8.98. The maximum atomic E-state index is 15.0. The van der Waals surface area contributed by atoms with Gasteiger partial charge in [0.1, 0.15) is 23.7 Å². The van der Waals surface area contributed by atoms with Crippen LogP contribution in [-0.2, 0) is 11.3 Å². The SMILES string of the molecule is [2H]c1cc(-c2ccc3nnn(CC(F)F)c3c2)c2c(OC)nc(=N[C@@H]3CCN(C4COC4)C[C@H]3F)[nH]n12. The Morgan fingerprint density at radius 2 is 2.19 bits per heavy atom. The minimum absolute atomic E-state index is 0.0954. The molecule has 2 fully saturated rings. The quantitative estimate of drug-likeness (QED) is 0.433. The highest BCUT2D eigenvalue weighted by molar-refractivity contribution is 5.89. The summed E-state index contributed by atoms with van der Waals surface area (Å²) in [7, 11) is 1.45. The Morgan fingerprint density at radius 1 is 1.33 bits per heavy atom. The van der Waals surface area contributed by atoms with E-state index in [1.54, 1.807) is 24.3 Å². The summed E-state index contributed by atoms with van der Waals surface area (Å²) in [6.45, 7) is 1.71. The molecule has 0 spiro atoms.